The highest BCUT2D eigenvalue weighted by molar-refractivity contribution is 5.76. The lowest BCUT2D eigenvalue weighted by Crippen LogP contribution is -2.47. The molecule has 7 heteroatoms. The van der Waals surface area contributed by atoms with E-state index >= 15 is 0 Å². The van der Waals surface area contributed by atoms with E-state index < -0.39 is 0 Å². The van der Waals surface area contributed by atoms with E-state index in [9.17, 15) is 4.79 Å². The second-order valence-corrected chi connectivity index (χ2v) is 6.18. The van der Waals surface area contributed by atoms with Gasteiger partial charge in [-0.05, 0) is 38.3 Å². The Labute approximate surface area is 131 Å². The van der Waals surface area contributed by atoms with Gasteiger partial charge in [-0.15, -0.1) is 0 Å². The SMILES string of the molecule is O=C(CCC1CCNCC1)N1CCOC(Cn2cncn2)C1. The number of rotatable bonds is 5. The Morgan fingerprint density at radius 2 is 2.23 bits per heavy atom. The van der Waals surface area contributed by atoms with E-state index in [0.717, 1.165) is 19.5 Å². The highest BCUT2D eigenvalue weighted by atomic mass is 16.5. The van der Waals surface area contributed by atoms with E-state index in [2.05, 4.69) is 15.4 Å². The topological polar surface area (TPSA) is 72.3 Å². The fourth-order valence-electron chi connectivity index (χ4n) is 3.25. The van der Waals surface area contributed by atoms with Crippen LogP contribution in [0.15, 0.2) is 12.7 Å². The first-order valence-corrected chi connectivity index (χ1v) is 8.24. The number of hydrogen-bond donors (Lipinski definition) is 1. The maximum absolute atomic E-state index is 12.4. The van der Waals surface area contributed by atoms with Gasteiger partial charge >= 0.3 is 0 Å². The number of piperidine rings is 1. The molecule has 0 radical (unpaired) electrons. The van der Waals surface area contributed by atoms with E-state index in [-0.39, 0.29) is 12.0 Å². The van der Waals surface area contributed by atoms with Crippen molar-refractivity contribution in [2.75, 3.05) is 32.8 Å². The van der Waals surface area contributed by atoms with Crippen molar-refractivity contribution in [1.29, 1.82) is 0 Å². The van der Waals surface area contributed by atoms with Gasteiger partial charge in [0.1, 0.15) is 12.7 Å². The average Bonchev–Trinajstić information content (AvgIpc) is 3.07. The van der Waals surface area contributed by atoms with Crippen LogP contribution in [0.2, 0.25) is 0 Å². The monoisotopic (exact) mass is 307 g/mol. The molecule has 3 rings (SSSR count). The number of hydrogen-bond acceptors (Lipinski definition) is 5. The Hall–Kier alpha value is -1.47. The highest BCUT2D eigenvalue weighted by Gasteiger charge is 2.25. The molecule has 1 aromatic heterocycles. The quantitative estimate of drug-likeness (QED) is 0.846. The summed E-state index contributed by atoms with van der Waals surface area (Å²) in [5, 5.41) is 7.46. The third-order valence-electron chi connectivity index (χ3n) is 4.57. The maximum atomic E-state index is 12.4. The fraction of sp³-hybridized carbons (Fsp3) is 0.800. The van der Waals surface area contributed by atoms with Crippen molar-refractivity contribution in [2.24, 2.45) is 5.92 Å². The first-order valence-electron chi connectivity index (χ1n) is 8.24. The number of aromatic nitrogens is 3. The summed E-state index contributed by atoms with van der Waals surface area (Å²) in [7, 11) is 0. The Kier molecular flexibility index (Phi) is 5.39. The minimum absolute atomic E-state index is 0.0123. The molecule has 1 amide bonds. The molecule has 0 aliphatic carbocycles. The highest BCUT2D eigenvalue weighted by Crippen LogP contribution is 2.19. The van der Waals surface area contributed by atoms with Gasteiger partial charge in [-0.3, -0.25) is 9.48 Å². The zero-order chi connectivity index (χ0) is 15.2. The van der Waals surface area contributed by atoms with Crippen molar-refractivity contribution in [3.8, 4) is 0 Å². The van der Waals surface area contributed by atoms with Crippen LogP contribution in [0.5, 0.6) is 0 Å². The standard InChI is InChI=1S/C15H25N5O2/c21-15(2-1-13-3-5-16-6-4-13)19-7-8-22-14(9-19)10-20-12-17-11-18-20/h11-14,16H,1-10H2. The van der Waals surface area contributed by atoms with E-state index in [1.807, 2.05) is 4.90 Å². The zero-order valence-corrected chi connectivity index (χ0v) is 13.0. The molecule has 2 fully saturated rings. The van der Waals surface area contributed by atoms with Gasteiger partial charge < -0.3 is 15.0 Å². The summed E-state index contributed by atoms with van der Waals surface area (Å²) in [6, 6.07) is 0. The van der Waals surface area contributed by atoms with Crippen molar-refractivity contribution in [3.63, 3.8) is 0 Å². The van der Waals surface area contributed by atoms with Crippen LogP contribution in [0.4, 0.5) is 0 Å². The van der Waals surface area contributed by atoms with Gasteiger partial charge in [0.15, 0.2) is 0 Å². The summed E-state index contributed by atoms with van der Waals surface area (Å²) in [4.78, 5) is 18.3. The molecule has 0 aromatic carbocycles. The van der Waals surface area contributed by atoms with Crippen LogP contribution >= 0.6 is 0 Å². The number of morpholine rings is 1. The summed E-state index contributed by atoms with van der Waals surface area (Å²) in [5.74, 6) is 0.975. The largest absolute Gasteiger partial charge is 0.373 e. The third kappa shape index (κ3) is 4.27. The minimum Gasteiger partial charge on any atom is -0.373 e. The van der Waals surface area contributed by atoms with Crippen molar-refractivity contribution >= 4 is 5.91 Å². The molecule has 1 atom stereocenters. The molecule has 0 bridgehead atoms. The summed E-state index contributed by atoms with van der Waals surface area (Å²) in [5.41, 5.74) is 0. The second kappa shape index (κ2) is 7.69. The van der Waals surface area contributed by atoms with Crippen molar-refractivity contribution in [2.45, 2.75) is 38.3 Å². The van der Waals surface area contributed by atoms with Gasteiger partial charge in [0, 0.05) is 19.5 Å². The molecular formula is C15H25N5O2. The number of nitrogens with one attached hydrogen (secondary N) is 1. The molecule has 122 valence electrons. The molecule has 7 nitrogen and oxygen atoms in total. The first kappa shape index (κ1) is 15.4. The van der Waals surface area contributed by atoms with Gasteiger partial charge in [-0.1, -0.05) is 0 Å². The molecule has 0 saturated carbocycles. The van der Waals surface area contributed by atoms with Crippen LogP contribution < -0.4 is 5.32 Å². The molecule has 1 aromatic rings. The Morgan fingerprint density at radius 1 is 1.36 bits per heavy atom. The number of ether oxygens (including phenoxy) is 1. The number of amides is 1. The lowest BCUT2D eigenvalue weighted by atomic mass is 9.93. The van der Waals surface area contributed by atoms with Gasteiger partial charge in [0.2, 0.25) is 5.91 Å². The Morgan fingerprint density at radius 3 is 3.00 bits per heavy atom. The normalized spacial score (nSPS) is 23.6. The van der Waals surface area contributed by atoms with E-state index in [4.69, 9.17) is 4.74 Å². The summed E-state index contributed by atoms with van der Waals surface area (Å²) < 4.78 is 7.49. The van der Waals surface area contributed by atoms with E-state index in [1.54, 1.807) is 11.0 Å². The molecule has 1 unspecified atom stereocenters. The van der Waals surface area contributed by atoms with Gasteiger partial charge in [-0.25, -0.2) is 4.98 Å². The average molecular weight is 307 g/mol. The van der Waals surface area contributed by atoms with Gasteiger partial charge in [0.05, 0.1) is 19.3 Å². The minimum atomic E-state index is 0.0123. The van der Waals surface area contributed by atoms with E-state index in [0.29, 0.717) is 38.6 Å². The van der Waals surface area contributed by atoms with Crippen molar-refractivity contribution in [3.05, 3.63) is 12.7 Å². The van der Waals surface area contributed by atoms with Crippen LogP contribution in [0.1, 0.15) is 25.7 Å². The smallest absolute Gasteiger partial charge is 0.222 e. The molecule has 2 aliphatic rings. The molecule has 0 spiro atoms. The number of carbonyl (C=O) groups is 1. The first-order chi connectivity index (χ1) is 10.8. The van der Waals surface area contributed by atoms with Crippen LogP contribution in [-0.4, -0.2) is 64.5 Å². The Bertz CT molecular complexity index is 459. The summed E-state index contributed by atoms with van der Waals surface area (Å²) in [6.07, 6.45) is 7.30. The maximum Gasteiger partial charge on any atom is 0.222 e. The fourth-order valence-corrected chi connectivity index (χ4v) is 3.25. The van der Waals surface area contributed by atoms with Crippen LogP contribution in [0, 0.1) is 5.92 Å². The second-order valence-electron chi connectivity index (χ2n) is 6.18. The molecule has 22 heavy (non-hydrogen) atoms. The van der Waals surface area contributed by atoms with Crippen molar-refractivity contribution < 1.29 is 9.53 Å². The zero-order valence-electron chi connectivity index (χ0n) is 13.0. The lowest BCUT2D eigenvalue weighted by molar-refractivity contribution is -0.139. The lowest BCUT2D eigenvalue weighted by Gasteiger charge is -2.33. The van der Waals surface area contributed by atoms with Crippen LogP contribution in [0.25, 0.3) is 0 Å². The Balaban J connectivity index is 1.43. The predicted molar refractivity (Wildman–Crippen MR) is 81.2 cm³/mol. The number of nitrogens with zero attached hydrogens (tertiary/aromatic N) is 4. The molecular weight excluding hydrogens is 282 g/mol. The molecule has 3 heterocycles. The van der Waals surface area contributed by atoms with Crippen molar-refractivity contribution in [1.82, 2.24) is 25.0 Å². The number of carbonyl (C=O) groups excluding carboxylic acids is 1. The molecule has 2 aliphatic heterocycles. The third-order valence-corrected chi connectivity index (χ3v) is 4.57. The predicted octanol–water partition coefficient (Wildman–Crippen LogP) is 0.285. The van der Waals surface area contributed by atoms with Gasteiger partial charge in [-0.2, -0.15) is 5.10 Å². The van der Waals surface area contributed by atoms with Gasteiger partial charge in [0.25, 0.3) is 0 Å². The summed E-state index contributed by atoms with van der Waals surface area (Å²) in [6.45, 7) is 4.81. The van der Waals surface area contributed by atoms with E-state index in [1.165, 1.54) is 19.2 Å². The van der Waals surface area contributed by atoms with Crippen LogP contribution in [0.3, 0.4) is 0 Å². The summed E-state index contributed by atoms with van der Waals surface area (Å²) >= 11 is 0. The molecule has 1 N–H and O–H groups in total. The molecule has 2 saturated heterocycles. The van der Waals surface area contributed by atoms with Crippen LogP contribution in [-0.2, 0) is 16.1 Å².